The third-order valence-corrected chi connectivity index (χ3v) is 4.13. The highest BCUT2D eigenvalue weighted by Crippen LogP contribution is 2.20. The molecule has 0 saturated heterocycles. The average Bonchev–Trinajstić information content (AvgIpc) is 2.30. The Bertz CT molecular complexity index is 544. The van der Waals surface area contributed by atoms with Crippen LogP contribution < -0.4 is 4.72 Å². The van der Waals surface area contributed by atoms with Crippen LogP contribution in [-0.4, -0.2) is 26.7 Å². The molecular weight excluding hydrogens is 276 g/mol. The number of halogens is 2. The van der Waals surface area contributed by atoms with Gasteiger partial charge in [-0.15, -0.1) is 0 Å². The van der Waals surface area contributed by atoms with E-state index in [2.05, 4.69) is 4.72 Å². The first-order valence-electron chi connectivity index (χ1n) is 5.73. The highest BCUT2D eigenvalue weighted by molar-refractivity contribution is 7.89. The van der Waals surface area contributed by atoms with Crippen LogP contribution >= 0.6 is 0 Å². The third kappa shape index (κ3) is 4.52. The van der Waals surface area contributed by atoms with Gasteiger partial charge >= 0.3 is 0 Å². The Hall–Kier alpha value is -1.05. The second kappa shape index (κ2) is 5.94. The van der Waals surface area contributed by atoms with Gasteiger partial charge in [0.1, 0.15) is 0 Å². The monoisotopic (exact) mass is 293 g/mol. The summed E-state index contributed by atoms with van der Waals surface area (Å²) in [4.78, 5) is -0.328. The van der Waals surface area contributed by atoms with Crippen LogP contribution in [-0.2, 0) is 10.0 Å². The molecule has 0 radical (unpaired) electrons. The molecule has 0 unspecified atom stereocenters. The zero-order valence-electron chi connectivity index (χ0n) is 10.8. The summed E-state index contributed by atoms with van der Waals surface area (Å²) < 4.78 is 51.8. The normalized spacial score (nSPS) is 12.7. The molecule has 0 aromatic heterocycles. The lowest BCUT2D eigenvalue weighted by Crippen LogP contribution is -2.34. The molecule has 7 heteroatoms. The number of hydrogen-bond donors (Lipinski definition) is 2. The minimum atomic E-state index is -3.89. The quantitative estimate of drug-likeness (QED) is 0.838. The largest absolute Gasteiger partial charge is 0.396 e. The second-order valence-electron chi connectivity index (χ2n) is 5.04. The van der Waals surface area contributed by atoms with E-state index >= 15 is 0 Å². The number of hydrogen-bond acceptors (Lipinski definition) is 3. The van der Waals surface area contributed by atoms with Crippen molar-refractivity contribution in [2.24, 2.45) is 5.41 Å². The van der Waals surface area contributed by atoms with Crippen LogP contribution in [0.5, 0.6) is 0 Å². The first-order valence-corrected chi connectivity index (χ1v) is 7.22. The summed E-state index contributed by atoms with van der Waals surface area (Å²) >= 11 is 0. The maximum atomic E-state index is 13.0. The van der Waals surface area contributed by atoms with Gasteiger partial charge in [-0.05, 0) is 30.0 Å². The first-order chi connectivity index (χ1) is 8.68. The summed E-state index contributed by atoms with van der Waals surface area (Å²) in [6.45, 7) is 3.61. The Labute approximate surface area is 111 Å². The molecule has 108 valence electrons. The molecular formula is C12H17F2NO3S. The van der Waals surface area contributed by atoms with Crippen molar-refractivity contribution in [2.45, 2.75) is 25.2 Å². The van der Waals surface area contributed by atoms with Crippen molar-refractivity contribution >= 4 is 10.0 Å². The molecule has 0 spiro atoms. The van der Waals surface area contributed by atoms with Crippen molar-refractivity contribution in [1.29, 1.82) is 0 Å². The summed E-state index contributed by atoms with van der Waals surface area (Å²) in [6, 6.07) is 2.40. The predicted octanol–water partition coefficient (Wildman–Crippen LogP) is 1.65. The Morgan fingerprint density at radius 3 is 2.42 bits per heavy atom. The Morgan fingerprint density at radius 1 is 1.26 bits per heavy atom. The van der Waals surface area contributed by atoms with Crippen LogP contribution in [0.3, 0.4) is 0 Å². The number of aliphatic hydroxyl groups excluding tert-OH is 1. The molecule has 1 aromatic carbocycles. The van der Waals surface area contributed by atoms with Crippen LogP contribution in [0, 0.1) is 17.0 Å². The minimum absolute atomic E-state index is 0.0557. The van der Waals surface area contributed by atoms with E-state index in [1.165, 1.54) is 0 Å². The Kier molecular flexibility index (Phi) is 5.00. The van der Waals surface area contributed by atoms with Crippen LogP contribution in [0.1, 0.15) is 20.3 Å². The molecule has 0 bridgehead atoms. The van der Waals surface area contributed by atoms with Crippen LogP contribution in [0.4, 0.5) is 8.78 Å². The second-order valence-corrected chi connectivity index (χ2v) is 6.81. The van der Waals surface area contributed by atoms with Gasteiger partial charge in [-0.1, -0.05) is 13.8 Å². The number of nitrogens with one attached hydrogen (secondary N) is 1. The number of aliphatic hydroxyl groups is 1. The lowest BCUT2D eigenvalue weighted by Gasteiger charge is -2.23. The maximum Gasteiger partial charge on any atom is 0.240 e. The van der Waals surface area contributed by atoms with Gasteiger partial charge in [0.05, 0.1) is 4.90 Å². The van der Waals surface area contributed by atoms with Crippen molar-refractivity contribution < 1.29 is 22.3 Å². The summed E-state index contributed by atoms with van der Waals surface area (Å²) in [7, 11) is -3.89. The zero-order valence-corrected chi connectivity index (χ0v) is 11.6. The van der Waals surface area contributed by atoms with Crippen LogP contribution in [0.25, 0.3) is 0 Å². The van der Waals surface area contributed by atoms with Crippen molar-refractivity contribution in [3.8, 4) is 0 Å². The average molecular weight is 293 g/mol. The molecule has 0 aliphatic carbocycles. The van der Waals surface area contributed by atoms with Crippen molar-refractivity contribution in [1.82, 2.24) is 4.72 Å². The molecule has 0 atom stereocenters. The molecule has 0 heterocycles. The van der Waals surface area contributed by atoms with Crippen molar-refractivity contribution in [3.05, 3.63) is 29.8 Å². The van der Waals surface area contributed by atoms with Crippen molar-refractivity contribution in [2.75, 3.05) is 13.2 Å². The fraction of sp³-hybridized carbons (Fsp3) is 0.500. The van der Waals surface area contributed by atoms with E-state index in [0.717, 1.165) is 12.1 Å². The smallest absolute Gasteiger partial charge is 0.240 e. The van der Waals surface area contributed by atoms with Crippen LogP contribution in [0.15, 0.2) is 23.1 Å². The SMILES string of the molecule is CC(C)(CCO)CNS(=O)(=O)c1ccc(F)c(F)c1. The van der Waals surface area contributed by atoms with E-state index in [9.17, 15) is 17.2 Å². The van der Waals surface area contributed by atoms with Crippen LogP contribution in [0.2, 0.25) is 0 Å². The molecule has 0 fully saturated rings. The van der Waals surface area contributed by atoms with Crippen molar-refractivity contribution in [3.63, 3.8) is 0 Å². The van der Waals surface area contributed by atoms with Gasteiger partial charge in [-0.2, -0.15) is 0 Å². The lowest BCUT2D eigenvalue weighted by molar-refractivity contribution is 0.213. The molecule has 0 amide bonds. The number of rotatable bonds is 6. The number of benzene rings is 1. The molecule has 0 aliphatic heterocycles. The van der Waals surface area contributed by atoms with E-state index in [4.69, 9.17) is 5.11 Å². The molecule has 19 heavy (non-hydrogen) atoms. The molecule has 1 rings (SSSR count). The third-order valence-electron chi connectivity index (χ3n) is 2.73. The summed E-state index contributed by atoms with van der Waals surface area (Å²) in [5.41, 5.74) is -0.430. The van der Waals surface area contributed by atoms with Gasteiger partial charge < -0.3 is 5.11 Å². The molecule has 4 nitrogen and oxygen atoms in total. The number of sulfonamides is 1. The highest BCUT2D eigenvalue weighted by atomic mass is 32.2. The van der Waals surface area contributed by atoms with Gasteiger partial charge in [0, 0.05) is 13.2 Å². The van der Waals surface area contributed by atoms with Gasteiger partial charge in [-0.3, -0.25) is 0 Å². The summed E-state index contributed by atoms with van der Waals surface area (Å²) in [5.74, 6) is -2.31. The summed E-state index contributed by atoms with van der Waals surface area (Å²) in [6.07, 6.45) is 0.424. The molecule has 0 aliphatic rings. The van der Waals surface area contributed by atoms with E-state index < -0.39 is 27.1 Å². The topological polar surface area (TPSA) is 66.4 Å². The predicted molar refractivity (Wildman–Crippen MR) is 67.0 cm³/mol. The summed E-state index contributed by atoms with van der Waals surface area (Å²) in [5, 5.41) is 8.85. The van der Waals surface area contributed by atoms with E-state index in [1.54, 1.807) is 13.8 Å². The lowest BCUT2D eigenvalue weighted by atomic mass is 9.90. The minimum Gasteiger partial charge on any atom is -0.396 e. The van der Waals surface area contributed by atoms with E-state index in [1.807, 2.05) is 0 Å². The fourth-order valence-electron chi connectivity index (χ4n) is 1.41. The highest BCUT2D eigenvalue weighted by Gasteiger charge is 2.22. The standard InChI is InChI=1S/C12H17F2NO3S/c1-12(2,5-6-16)8-15-19(17,18)9-3-4-10(13)11(14)7-9/h3-4,7,15-16H,5-6,8H2,1-2H3. The van der Waals surface area contributed by atoms with E-state index in [0.29, 0.717) is 12.5 Å². The zero-order chi connectivity index (χ0) is 14.7. The Balaban J connectivity index is 2.84. The van der Waals surface area contributed by atoms with E-state index in [-0.39, 0.29) is 18.0 Å². The molecule has 2 N–H and O–H groups in total. The maximum absolute atomic E-state index is 13.0. The van der Waals surface area contributed by atoms with Gasteiger partial charge in [0.2, 0.25) is 10.0 Å². The first kappa shape index (κ1) is 16.0. The molecule has 0 saturated carbocycles. The van der Waals surface area contributed by atoms with Gasteiger partial charge in [-0.25, -0.2) is 21.9 Å². The Morgan fingerprint density at radius 2 is 1.89 bits per heavy atom. The van der Waals surface area contributed by atoms with Gasteiger partial charge in [0.25, 0.3) is 0 Å². The molecule has 1 aromatic rings. The van der Waals surface area contributed by atoms with Gasteiger partial charge in [0.15, 0.2) is 11.6 Å². The fourth-order valence-corrected chi connectivity index (χ4v) is 2.66.